The number of allylic oxidation sites excluding steroid dienone is 16. The molecule has 0 spiro atoms. The largest absolute Gasteiger partial charge is 0.462 e. The Morgan fingerprint density at radius 3 is 0.782 bits per heavy atom. The second-order valence-corrected chi connectivity index (χ2v) is 22.0. The third-order valence-corrected chi connectivity index (χ3v) is 14.4. The predicted octanol–water partition coefficient (Wildman–Crippen LogP) is 22.8. The molecule has 448 valence electrons. The molecule has 0 aromatic rings. The lowest BCUT2D eigenvalue weighted by molar-refractivity contribution is -0.167. The second kappa shape index (κ2) is 65.8. The van der Waals surface area contributed by atoms with Crippen molar-refractivity contribution >= 4 is 17.9 Å². The maximum atomic E-state index is 12.9. The summed E-state index contributed by atoms with van der Waals surface area (Å²) >= 11 is 0. The van der Waals surface area contributed by atoms with E-state index in [9.17, 15) is 14.4 Å². The number of rotatable bonds is 60. The van der Waals surface area contributed by atoms with Crippen molar-refractivity contribution in [1.82, 2.24) is 0 Å². The van der Waals surface area contributed by atoms with Gasteiger partial charge in [-0.3, -0.25) is 14.4 Å². The Morgan fingerprint density at radius 2 is 0.500 bits per heavy atom. The maximum Gasteiger partial charge on any atom is 0.306 e. The number of esters is 3. The summed E-state index contributed by atoms with van der Waals surface area (Å²) in [4.78, 5) is 38.3. The first-order valence-electron chi connectivity index (χ1n) is 33.2. The van der Waals surface area contributed by atoms with Crippen molar-refractivity contribution in [3.8, 4) is 0 Å². The van der Waals surface area contributed by atoms with Gasteiger partial charge in [0.2, 0.25) is 0 Å². The average Bonchev–Trinajstić information content (AvgIpc) is 3.44. The third-order valence-electron chi connectivity index (χ3n) is 14.4. The Bertz CT molecular complexity index is 1530. The molecule has 0 heterocycles. The number of unbranched alkanes of at least 4 members (excludes halogenated alkanes) is 33. The van der Waals surface area contributed by atoms with Crippen molar-refractivity contribution in [2.24, 2.45) is 0 Å². The van der Waals surface area contributed by atoms with E-state index in [4.69, 9.17) is 14.2 Å². The summed E-state index contributed by atoms with van der Waals surface area (Å²) in [7, 11) is 0. The summed E-state index contributed by atoms with van der Waals surface area (Å²) in [5.41, 5.74) is 0. The third kappa shape index (κ3) is 63.2. The summed E-state index contributed by atoms with van der Waals surface area (Å²) in [5, 5.41) is 0. The van der Waals surface area contributed by atoms with Gasteiger partial charge in [0.15, 0.2) is 6.10 Å². The molecule has 0 radical (unpaired) electrons. The van der Waals surface area contributed by atoms with Crippen LogP contribution in [0.1, 0.15) is 323 Å². The molecular weight excluding hydrogens is 961 g/mol. The highest BCUT2D eigenvalue weighted by Crippen LogP contribution is 2.17. The molecule has 6 heteroatoms. The minimum absolute atomic E-state index is 0.0871. The van der Waals surface area contributed by atoms with E-state index in [-0.39, 0.29) is 31.1 Å². The first-order valence-corrected chi connectivity index (χ1v) is 33.2. The van der Waals surface area contributed by atoms with E-state index >= 15 is 0 Å². The second-order valence-electron chi connectivity index (χ2n) is 22.0. The van der Waals surface area contributed by atoms with Gasteiger partial charge in [0, 0.05) is 19.3 Å². The number of carbonyl (C=O) groups is 3. The summed E-state index contributed by atoms with van der Waals surface area (Å²) in [5.74, 6) is -0.918. The summed E-state index contributed by atoms with van der Waals surface area (Å²) < 4.78 is 16.9. The molecule has 0 saturated carbocycles. The van der Waals surface area contributed by atoms with E-state index in [0.717, 1.165) is 109 Å². The fourth-order valence-electron chi connectivity index (χ4n) is 9.40. The zero-order valence-electron chi connectivity index (χ0n) is 51.4. The zero-order valence-corrected chi connectivity index (χ0v) is 51.4. The van der Waals surface area contributed by atoms with Crippen molar-refractivity contribution in [2.75, 3.05) is 13.2 Å². The van der Waals surface area contributed by atoms with Crippen LogP contribution in [0.25, 0.3) is 0 Å². The minimum atomic E-state index is -0.794. The van der Waals surface area contributed by atoms with E-state index in [0.29, 0.717) is 19.3 Å². The normalized spacial score (nSPS) is 12.7. The first kappa shape index (κ1) is 74.3. The lowest BCUT2D eigenvalue weighted by atomic mass is 10.0. The maximum absolute atomic E-state index is 12.9. The van der Waals surface area contributed by atoms with Crippen LogP contribution in [-0.4, -0.2) is 37.2 Å². The monoisotopic (exact) mass is 1080 g/mol. The number of carbonyl (C=O) groups excluding carboxylic acids is 3. The SMILES string of the molecule is CC/C=C\C/C=C\C/C=C\C/C=C\C/C=C\C/C=C\C/C=C\C/C=C\CCCCC(=O)OCC(COC(=O)CCCCCCCCCCCCCCC)OC(=O)CCCCCCCCCCCCCCCCCCCCCC. The molecule has 0 fully saturated rings. The van der Waals surface area contributed by atoms with Gasteiger partial charge in [-0.15, -0.1) is 0 Å². The first-order chi connectivity index (χ1) is 38.5. The summed E-state index contributed by atoms with van der Waals surface area (Å²) in [6, 6.07) is 0. The van der Waals surface area contributed by atoms with Gasteiger partial charge >= 0.3 is 17.9 Å². The smallest absolute Gasteiger partial charge is 0.306 e. The topological polar surface area (TPSA) is 78.9 Å². The highest BCUT2D eigenvalue weighted by Gasteiger charge is 2.19. The van der Waals surface area contributed by atoms with Gasteiger partial charge in [-0.05, 0) is 83.5 Å². The van der Waals surface area contributed by atoms with Crippen LogP contribution in [0.15, 0.2) is 97.2 Å². The van der Waals surface area contributed by atoms with Gasteiger partial charge in [0.05, 0.1) is 0 Å². The van der Waals surface area contributed by atoms with E-state index < -0.39 is 6.10 Å². The molecule has 6 nitrogen and oxygen atoms in total. The summed E-state index contributed by atoms with van der Waals surface area (Å²) in [6.45, 7) is 6.53. The highest BCUT2D eigenvalue weighted by molar-refractivity contribution is 5.71. The minimum Gasteiger partial charge on any atom is -0.462 e. The number of ether oxygens (including phenoxy) is 3. The molecule has 1 atom stereocenters. The van der Waals surface area contributed by atoms with Gasteiger partial charge in [0.25, 0.3) is 0 Å². The Morgan fingerprint density at radius 1 is 0.269 bits per heavy atom. The standard InChI is InChI=1S/C72H124O6/c1-4-7-10-13-16-19-22-25-27-29-31-33-34-35-36-37-38-39-41-42-44-47-50-53-56-59-62-65-71(74)77-68-69(67-76-70(73)64-61-58-55-52-49-46-24-21-18-15-12-9-6-3)78-72(75)66-63-60-57-54-51-48-45-43-40-32-30-28-26-23-20-17-14-11-8-5-2/h7,10,16,19,25,27,31,33,35-36,38-39,42,44,50,53,69H,4-6,8-9,11-15,17-18,20-24,26,28-30,32,34,37,40-41,43,45-49,51-52,54-68H2,1-3H3/b10-7-,19-16-,27-25-,33-31-,36-35-,39-38-,44-42-,53-50-. The number of hydrogen-bond acceptors (Lipinski definition) is 6. The van der Waals surface area contributed by atoms with Crippen molar-refractivity contribution in [3.05, 3.63) is 97.2 Å². The van der Waals surface area contributed by atoms with Gasteiger partial charge in [-0.1, -0.05) is 317 Å². The Kier molecular flexibility index (Phi) is 62.7. The molecule has 0 aliphatic carbocycles. The molecule has 0 bridgehead atoms. The van der Waals surface area contributed by atoms with Gasteiger partial charge in [0.1, 0.15) is 13.2 Å². The molecular formula is C72H124O6. The fourth-order valence-corrected chi connectivity index (χ4v) is 9.40. The predicted molar refractivity (Wildman–Crippen MR) is 339 cm³/mol. The molecule has 0 aliphatic rings. The van der Waals surface area contributed by atoms with Gasteiger partial charge < -0.3 is 14.2 Å². The Labute approximate surface area is 483 Å². The molecule has 1 unspecified atom stereocenters. The van der Waals surface area contributed by atoms with Crippen LogP contribution in [0.2, 0.25) is 0 Å². The van der Waals surface area contributed by atoms with Crippen LogP contribution < -0.4 is 0 Å². The molecule has 0 N–H and O–H groups in total. The van der Waals surface area contributed by atoms with E-state index in [1.54, 1.807) is 0 Å². The lowest BCUT2D eigenvalue weighted by Gasteiger charge is -2.18. The van der Waals surface area contributed by atoms with Crippen LogP contribution in [0.3, 0.4) is 0 Å². The van der Waals surface area contributed by atoms with E-state index in [2.05, 4.69) is 118 Å². The van der Waals surface area contributed by atoms with Crippen LogP contribution in [0, 0.1) is 0 Å². The van der Waals surface area contributed by atoms with E-state index in [1.807, 2.05) is 0 Å². The Balaban J connectivity index is 4.39. The molecule has 0 amide bonds. The van der Waals surface area contributed by atoms with Crippen LogP contribution in [-0.2, 0) is 28.6 Å². The zero-order chi connectivity index (χ0) is 56.4. The van der Waals surface area contributed by atoms with Crippen molar-refractivity contribution in [3.63, 3.8) is 0 Å². The summed E-state index contributed by atoms with van der Waals surface area (Å²) in [6.07, 6.45) is 88.5. The molecule has 78 heavy (non-hydrogen) atoms. The molecule has 0 rings (SSSR count). The van der Waals surface area contributed by atoms with Crippen molar-refractivity contribution in [1.29, 1.82) is 0 Å². The fraction of sp³-hybridized carbons (Fsp3) is 0.736. The van der Waals surface area contributed by atoms with Crippen molar-refractivity contribution < 1.29 is 28.6 Å². The van der Waals surface area contributed by atoms with Crippen LogP contribution in [0.5, 0.6) is 0 Å². The molecule has 0 saturated heterocycles. The van der Waals surface area contributed by atoms with E-state index in [1.165, 1.54) is 173 Å². The van der Waals surface area contributed by atoms with Crippen LogP contribution in [0.4, 0.5) is 0 Å². The molecule has 0 aromatic carbocycles. The molecule has 0 aromatic heterocycles. The van der Waals surface area contributed by atoms with Crippen LogP contribution >= 0.6 is 0 Å². The van der Waals surface area contributed by atoms with Gasteiger partial charge in [-0.2, -0.15) is 0 Å². The van der Waals surface area contributed by atoms with Gasteiger partial charge in [-0.25, -0.2) is 0 Å². The van der Waals surface area contributed by atoms with Crippen molar-refractivity contribution in [2.45, 2.75) is 329 Å². The number of hydrogen-bond donors (Lipinski definition) is 0. The Hall–Kier alpha value is -3.67. The molecule has 0 aliphatic heterocycles. The average molecular weight is 1090 g/mol. The lowest BCUT2D eigenvalue weighted by Crippen LogP contribution is -2.30. The highest BCUT2D eigenvalue weighted by atomic mass is 16.6. The quantitative estimate of drug-likeness (QED) is 0.0261.